The van der Waals surface area contributed by atoms with E-state index in [1.54, 1.807) is 0 Å². The maximum atomic E-state index is 11.3. The monoisotopic (exact) mass is 294 g/mol. The van der Waals surface area contributed by atoms with Crippen molar-refractivity contribution in [2.45, 2.75) is 25.9 Å². The summed E-state index contributed by atoms with van der Waals surface area (Å²) in [6, 6.07) is 3.84. The average Bonchev–Trinajstić information content (AvgIpc) is 2.47. The smallest absolute Gasteiger partial charge is 0.337 e. The van der Waals surface area contributed by atoms with Gasteiger partial charge in [-0.3, -0.25) is 10.1 Å². The largest absolute Gasteiger partial charge is 0.478 e. The molecule has 1 N–H and O–H groups in total. The third-order valence-corrected chi connectivity index (χ3v) is 3.54. The Labute approximate surface area is 122 Å². The normalized spacial score (nSPS) is 18.5. The van der Waals surface area contributed by atoms with Crippen LogP contribution >= 0.6 is 0 Å². The number of ether oxygens (including phenoxy) is 1. The lowest BCUT2D eigenvalue weighted by Gasteiger charge is -2.34. The average molecular weight is 294 g/mol. The van der Waals surface area contributed by atoms with Gasteiger partial charge in [0.1, 0.15) is 0 Å². The number of anilines is 1. The molecule has 0 aromatic heterocycles. The third kappa shape index (κ3) is 3.49. The first-order chi connectivity index (χ1) is 10.0. The molecule has 1 aromatic carbocycles. The molecule has 1 heterocycles. The Balaban J connectivity index is 2.33. The van der Waals surface area contributed by atoms with E-state index < -0.39 is 10.9 Å². The number of hydrogen-bond donors (Lipinski definition) is 1. The van der Waals surface area contributed by atoms with Crippen LogP contribution in [0.5, 0.6) is 0 Å². The third-order valence-electron chi connectivity index (χ3n) is 3.54. The Morgan fingerprint density at radius 1 is 1.57 bits per heavy atom. The number of piperidine rings is 1. The standard InChI is InChI=1S/C14H18N2O5/c1-2-21-11-4-3-7-15(9-11)13-8-10(16(19)20)5-6-12(13)14(17)18/h5-6,8,11H,2-4,7,9H2,1H3,(H,17,18). The molecule has 1 atom stereocenters. The predicted octanol–water partition coefficient (Wildman–Crippen LogP) is 2.30. The van der Waals surface area contributed by atoms with Gasteiger partial charge >= 0.3 is 5.97 Å². The highest BCUT2D eigenvalue weighted by Crippen LogP contribution is 2.29. The molecule has 7 heteroatoms. The van der Waals surface area contributed by atoms with E-state index in [0.29, 0.717) is 25.4 Å². The minimum atomic E-state index is -1.08. The van der Waals surface area contributed by atoms with Crippen molar-refractivity contribution < 1.29 is 19.6 Å². The van der Waals surface area contributed by atoms with E-state index in [9.17, 15) is 20.0 Å². The lowest BCUT2D eigenvalue weighted by atomic mass is 10.0. The van der Waals surface area contributed by atoms with E-state index in [2.05, 4.69) is 0 Å². The Kier molecular flexibility index (Phi) is 4.74. The summed E-state index contributed by atoms with van der Waals surface area (Å²) in [6.45, 7) is 3.73. The fourth-order valence-corrected chi connectivity index (χ4v) is 2.60. The Morgan fingerprint density at radius 3 is 2.95 bits per heavy atom. The zero-order valence-electron chi connectivity index (χ0n) is 11.8. The second-order valence-corrected chi connectivity index (χ2v) is 4.93. The van der Waals surface area contributed by atoms with Crippen molar-refractivity contribution in [3.05, 3.63) is 33.9 Å². The van der Waals surface area contributed by atoms with Gasteiger partial charge < -0.3 is 14.7 Å². The van der Waals surface area contributed by atoms with E-state index in [-0.39, 0.29) is 17.4 Å². The molecule has 1 aromatic rings. The minimum Gasteiger partial charge on any atom is -0.478 e. The molecule has 0 radical (unpaired) electrons. The molecule has 1 fully saturated rings. The second kappa shape index (κ2) is 6.53. The maximum Gasteiger partial charge on any atom is 0.337 e. The van der Waals surface area contributed by atoms with E-state index in [0.717, 1.165) is 12.8 Å². The topological polar surface area (TPSA) is 92.9 Å². The molecule has 1 unspecified atom stereocenters. The van der Waals surface area contributed by atoms with Gasteiger partial charge in [0.25, 0.3) is 5.69 Å². The summed E-state index contributed by atoms with van der Waals surface area (Å²) in [7, 11) is 0. The predicted molar refractivity (Wildman–Crippen MR) is 76.9 cm³/mol. The zero-order chi connectivity index (χ0) is 15.4. The van der Waals surface area contributed by atoms with Crippen LogP contribution in [0.15, 0.2) is 18.2 Å². The number of aromatic carboxylic acids is 1. The first-order valence-electron chi connectivity index (χ1n) is 6.91. The first kappa shape index (κ1) is 15.2. The Bertz CT molecular complexity index is 544. The van der Waals surface area contributed by atoms with Gasteiger partial charge in [0, 0.05) is 31.8 Å². The number of rotatable bonds is 5. The number of non-ortho nitro benzene ring substituents is 1. The minimum absolute atomic E-state index is 0.0321. The summed E-state index contributed by atoms with van der Waals surface area (Å²) < 4.78 is 5.59. The van der Waals surface area contributed by atoms with Crippen molar-refractivity contribution in [1.29, 1.82) is 0 Å². The summed E-state index contributed by atoms with van der Waals surface area (Å²) in [5.74, 6) is -1.08. The van der Waals surface area contributed by atoms with Gasteiger partial charge in [-0.2, -0.15) is 0 Å². The Morgan fingerprint density at radius 2 is 2.33 bits per heavy atom. The van der Waals surface area contributed by atoms with Gasteiger partial charge in [-0.05, 0) is 25.8 Å². The van der Waals surface area contributed by atoms with E-state index >= 15 is 0 Å². The number of carboxylic acids is 1. The number of carbonyl (C=O) groups is 1. The molecule has 0 spiro atoms. The van der Waals surface area contributed by atoms with E-state index in [1.807, 2.05) is 11.8 Å². The van der Waals surface area contributed by atoms with Crippen LogP contribution in [-0.4, -0.2) is 41.8 Å². The van der Waals surface area contributed by atoms with Gasteiger partial charge in [0.2, 0.25) is 0 Å². The zero-order valence-corrected chi connectivity index (χ0v) is 11.8. The molecule has 0 amide bonds. The fourth-order valence-electron chi connectivity index (χ4n) is 2.60. The molecule has 1 aliphatic heterocycles. The number of nitrogens with zero attached hydrogens (tertiary/aromatic N) is 2. The summed E-state index contributed by atoms with van der Waals surface area (Å²) >= 11 is 0. The molecule has 21 heavy (non-hydrogen) atoms. The second-order valence-electron chi connectivity index (χ2n) is 4.93. The van der Waals surface area contributed by atoms with E-state index in [1.165, 1.54) is 18.2 Å². The van der Waals surface area contributed by atoms with Crippen molar-refractivity contribution >= 4 is 17.3 Å². The number of hydrogen-bond acceptors (Lipinski definition) is 5. The van der Waals surface area contributed by atoms with Crippen LogP contribution in [0.4, 0.5) is 11.4 Å². The SMILES string of the molecule is CCOC1CCCN(c2cc([N+](=O)[O-])ccc2C(=O)O)C1. The first-order valence-corrected chi connectivity index (χ1v) is 6.91. The van der Waals surface area contributed by atoms with Gasteiger partial charge in [0.15, 0.2) is 0 Å². The molecule has 7 nitrogen and oxygen atoms in total. The van der Waals surface area contributed by atoms with Crippen LogP contribution in [0.1, 0.15) is 30.1 Å². The molecule has 2 rings (SSSR count). The number of carboxylic acid groups (broad SMARTS) is 1. The van der Waals surface area contributed by atoms with Crippen molar-refractivity contribution in [3.8, 4) is 0 Å². The van der Waals surface area contributed by atoms with Crippen LogP contribution in [0.3, 0.4) is 0 Å². The van der Waals surface area contributed by atoms with Gasteiger partial charge in [0.05, 0.1) is 22.3 Å². The van der Waals surface area contributed by atoms with Crippen LogP contribution in [0.25, 0.3) is 0 Å². The molecule has 1 saturated heterocycles. The molecule has 0 aliphatic carbocycles. The van der Waals surface area contributed by atoms with Crippen LogP contribution in [0, 0.1) is 10.1 Å². The van der Waals surface area contributed by atoms with Crippen LogP contribution in [0.2, 0.25) is 0 Å². The number of nitro benzene ring substituents is 1. The molecule has 114 valence electrons. The molecular formula is C14H18N2O5. The quantitative estimate of drug-likeness (QED) is 0.661. The highest BCUT2D eigenvalue weighted by molar-refractivity contribution is 5.95. The number of benzene rings is 1. The van der Waals surface area contributed by atoms with Gasteiger partial charge in [-0.25, -0.2) is 4.79 Å². The lowest BCUT2D eigenvalue weighted by molar-refractivity contribution is -0.384. The number of nitro groups is 1. The molecule has 0 saturated carbocycles. The summed E-state index contributed by atoms with van der Waals surface area (Å²) in [6.07, 6.45) is 1.82. The summed E-state index contributed by atoms with van der Waals surface area (Å²) in [5, 5.41) is 20.2. The van der Waals surface area contributed by atoms with Gasteiger partial charge in [-0.1, -0.05) is 0 Å². The Hall–Kier alpha value is -2.15. The summed E-state index contributed by atoms with van der Waals surface area (Å²) in [4.78, 5) is 23.6. The van der Waals surface area contributed by atoms with Crippen molar-refractivity contribution in [2.24, 2.45) is 0 Å². The highest BCUT2D eigenvalue weighted by Gasteiger charge is 2.25. The molecule has 1 aliphatic rings. The summed E-state index contributed by atoms with van der Waals surface area (Å²) in [5.41, 5.74) is 0.368. The van der Waals surface area contributed by atoms with E-state index in [4.69, 9.17) is 4.74 Å². The van der Waals surface area contributed by atoms with Crippen LogP contribution in [-0.2, 0) is 4.74 Å². The highest BCUT2D eigenvalue weighted by atomic mass is 16.6. The maximum absolute atomic E-state index is 11.3. The van der Waals surface area contributed by atoms with Crippen molar-refractivity contribution in [2.75, 3.05) is 24.6 Å². The van der Waals surface area contributed by atoms with Crippen molar-refractivity contribution in [1.82, 2.24) is 0 Å². The fraction of sp³-hybridized carbons (Fsp3) is 0.500. The molecular weight excluding hydrogens is 276 g/mol. The van der Waals surface area contributed by atoms with Crippen molar-refractivity contribution in [3.63, 3.8) is 0 Å². The van der Waals surface area contributed by atoms with Gasteiger partial charge in [-0.15, -0.1) is 0 Å². The molecule has 0 bridgehead atoms. The lowest BCUT2D eigenvalue weighted by Crippen LogP contribution is -2.40. The van der Waals surface area contributed by atoms with Crippen LogP contribution < -0.4 is 4.90 Å².